The Morgan fingerprint density at radius 3 is 2.64 bits per heavy atom. The van der Waals surface area contributed by atoms with Gasteiger partial charge in [-0.2, -0.15) is 5.10 Å². The van der Waals surface area contributed by atoms with Gasteiger partial charge in [0, 0.05) is 16.5 Å². The van der Waals surface area contributed by atoms with Gasteiger partial charge < -0.3 is 5.32 Å². The summed E-state index contributed by atoms with van der Waals surface area (Å²) in [5, 5.41) is 9.96. The Kier molecular flexibility index (Phi) is 3.81. The minimum absolute atomic E-state index is 0.141. The van der Waals surface area contributed by atoms with Crippen molar-refractivity contribution in [3.8, 4) is 10.6 Å². The molecule has 2 aromatic heterocycles. The van der Waals surface area contributed by atoms with Gasteiger partial charge in [-0.3, -0.25) is 9.89 Å². The number of carbonyl (C=O) groups is 1. The first kappa shape index (κ1) is 14.5. The number of aromatic nitrogens is 2. The molecule has 0 aliphatic rings. The number of nitrogens with one attached hydrogen (secondary N) is 2. The number of amides is 1. The average Bonchev–Trinajstić information content (AvgIpc) is 3.07. The van der Waals surface area contributed by atoms with Gasteiger partial charge in [0.2, 0.25) is 0 Å². The molecule has 3 rings (SSSR count). The van der Waals surface area contributed by atoms with Crippen LogP contribution in [0.25, 0.3) is 10.6 Å². The summed E-state index contributed by atoms with van der Waals surface area (Å²) in [4.78, 5) is 14.7. The van der Waals surface area contributed by atoms with Crippen LogP contribution >= 0.6 is 11.3 Å². The van der Waals surface area contributed by atoms with Crippen molar-refractivity contribution in [2.24, 2.45) is 0 Å². The lowest BCUT2D eigenvalue weighted by atomic mass is 10.1. The Bertz CT molecular complexity index is 832. The molecule has 5 heteroatoms. The number of aromatic amines is 1. The van der Waals surface area contributed by atoms with Crippen LogP contribution in [0, 0.1) is 20.8 Å². The summed E-state index contributed by atoms with van der Waals surface area (Å²) >= 11 is 1.69. The highest BCUT2D eigenvalue weighted by molar-refractivity contribution is 7.15. The van der Waals surface area contributed by atoms with Crippen molar-refractivity contribution < 1.29 is 4.79 Å². The van der Waals surface area contributed by atoms with Gasteiger partial charge in [0.05, 0.1) is 10.6 Å². The summed E-state index contributed by atoms with van der Waals surface area (Å²) in [6, 6.07) is 11.7. The molecule has 0 saturated carbocycles. The molecular formula is C17H17N3OS. The van der Waals surface area contributed by atoms with Gasteiger partial charge in [-0.15, -0.1) is 11.3 Å². The molecule has 0 saturated heterocycles. The Hall–Kier alpha value is -2.40. The zero-order chi connectivity index (χ0) is 15.7. The smallest absolute Gasteiger partial charge is 0.257 e. The molecule has 0 unspecified atom stereocenters. The molecular weight excluding hydrogens is 294 g/mol. The molecule has 112 valence electrons. The van der Waals surface area contributed by atoms with Crippen molar-refractivity contribution in [1.29, 1.82) is 0 Å². The van der Waals surface area contributed by atoms with Gasteiger partial charge in [-0.1, -0.05) is 17.7 Å². The van der Waals surface area contributed by atoms with Crippen molar-refractivity contribution in [2.75, 3.05) is 5.32 Å². The molecule has 0 spiro atoms. The maximum atomic E-state index is 12.3. The van der Waals surface area contributed by atoms with Crippen LogP contribution in [0.4, 0.5) is 5.82 Å². The minimum Gasteiger partial charge on any atom is -0.305 e. The summed E-state index contributed by atoms with van der Waals surface area (Å²) < 4.78 is 0. The average molecular weight is 311 g/mol. The third-order valence-electron chi connectivity index (χ3n) is 3.45. The highest BCUT2D eigenvalue weighted by Gasteiger charge is 2.12. The highest BCUT2D eigenvalue weighted by atomic mass is 32.1. The van der Waals surface area contributed by atoms with E-state index >= 15 is 0 Å². The third kappa shape index (κ3) is 2.94. The van der Waals surface area contributed by atoms with E-state index in [0.717, 1.165) is 21.7 Å². The summed E-state index contributed by atoms with van der Waals surface area (Å²) in [5.74, 6) is 0.393. The van der Waals surface area contributed by atoms with Gasteiger partial charge in [0.1, 0.15) is 0 Å². The maximum absolute atomic E-state index is 12.3. The molecule has 0 bridgehead atoms. The van der Waals surface area contributed by atoms with E-state index < -0.39 is 0 Å². The molecule has 2 heterocycles. The molecule has 1 aromatic carbocycles. The summed E-state index contributed by atoms with van der Waals surface area (Å²) in [5.41, 5.74) is 3.68. The lowest BCUT2D eigenvalue weighted by molar-refractivity contribution is 0.102. The number of nitrogens with zero attached hydrogens (tertiary/aromatic N) is 1. The van der Waals surface area contributed by atoms with Crippen molar-refractivity contribution >= 4 is 23.1 Å². The van der Waals surface area contributed by atoms with Gasteiger partial charge >= 0.3 is 0 Å². The fourth-order valence-corrected chi connectivity index (χ4v) is 3.18. The molecule has 2 N–H and O–H groups in total. The van der Waals surface area contributed by atoms with Crippen molar-refractivity contribution in [3.63, 3.8) is 0 Å². The van der Waals surface area contributed by atoms with E-state index in [1.54, 1.807) is 11.3 Å². The van der Waals surface area contributed by atoms with E-state index in [1.165, 1.54) is 4.88 Å². The molecule has 22 heavy (non-hydrogen) atoms. The SMILES string of the molecule is Cc1ccc(C(=O)Nc2cc(-c3ccc(C)s3)[nH]n2)c(C)c1. The van der Waals surface area contributed by atoms with Crippen molar-refractivity contribution in [1.82, 2.24) is 10.2 Å². The second kappa shape index (κ2) is 5.77. The Morgan fingerprint density at radius 1 is 1.14 bits per heavy atom. The molecule has 1 amide bonds. The third-order valence-corrected chi connectivity index (χ3v) is 4.49. The topological polar surface area (TPSA) is 57.8 Å². The number of thiophene rings is 1. The Labute approximate surface area is 133 Å². The normalized spacial score (nSPS) is 10.7. The van der Waals surface area contributed by atoms with Gasteiger partial charge in [0.15, 0.2) is 5.82 Å². The first-order valence-electron chi connectivity index (χ1n) is 7.04. The standard InChI is InChI=1S/C17H17N3OS/c1-10-4-6-13(11(2)8-10)17(21)18-16-9-14(19-20-16)15-7-5-12(3)22-15/h4-9H,1-3H3,(H2,18,19,20,21). The molecule has 4 nitrogen and oxygen atoms in total. The number of hydrogen-bond acceptors (Lipinski definition) is 3. The lowest BCUT2D eigenvalue weighted by Crippen LogP contribution is -2.13. The van der Waals surface area contributed by atoms with E-state index in [9.17, 15) is 4.79 Å². The van der Waals surface area contributed by atoms with E-state index in [2.05, 4.69) is 28.5 Å². The first-order valence-corrected chi connectivity index (χ1v) is 7.85. The van der Waals surface area contributed by atoms with E-state index in [4.69, 9.17) is 0 Å². The van der Waals surface area contributed by atoms with Crippen LogP contribution in [0.1, 0.15) is 26.4 Å². The lowest BCUT2D eigenvalue weighted by Gasteiger charge is -2.06. The number of benzene rings is 1. The predicted molar refractivity (Wildman–Crippen MR) is 90.5 cm³/mol. The highest BCUT2D eigenvalue weighted by Crippen LogP contribution is 2.27. The molecule has 3 aromatic rings. The number of rotatable bonds is 3. The van der Waals surface area contributed by atoms with E-state index in [-0.39, 0.29) is 5.91 Å². The summed E-state index contributed by atoms with van der Waals surface area (Å²) in [6.45, 7) is 6.01. The number of aryl methyl sites for hydroxylation is 3. The molecule has 0 aliphatic carbocycles. The van der Waals surface area contributed by atoms with E-state index in [0.29, 0.717) is 11.4 Å². The summed E-state index contributed by atoms with van der Waals surface area (Å²) in [6.07, 6.45) is 0. The molecule has 0 atom stereocenters. The van der Waals surface area contributed by atoms with Crippen LogP contribution in [0.5, 0.6) is 0 Å². The Balaban J connectivity index is 1.79. The predicted octanol–water partition coefficient (Wildman–Crippen LogP) is 4.32. The number of anilines is 1. The molecule has 0 aliphatic heterocycles. The fraction of sp³-hybridized carbons (Fsp3) is 0.176. The van der Waals surface area contributed by atoms with Crippen LogP contribution in [0.2, 0.25) is 0 Å². The van der Waals surface area contributed by atoms with Crippen LogP contribution in [0.3, 0.4) is 0 Å². The first-order chi connectivity index (χ1) is 10.5. The molecule has 0 fully saturated rings. The largest absolute Gasteiger partial charge is 0.305 e. The Morgan fingerprint density at radius 2 is 1.95 bits per heavy atom. The fourth-order valence-electron chi connectivity index (χ4n) is 2.34. The quantitative estimate of drug-likeness (QED) is 0.757. The van der Waals surface area contributed by atoms with Crippen LogP contribution < -0.4 is 5.32 Å². The monoisotopic (exact) mass is 311 g/mol. The van der Waals surface area contributed by atoms with Gasteiger partial charge in [0.25, 0.3) is 5.91 Å². The second-order valence-electron chi connectivity index (χ2n) is 5.35. The minimum atomic E-state index is -0.141. The van der Waals surface area contributed by atoms with Crippen molar-refractivity contribution in [3.05, 3.63) is 58.0 Å². The van der Waals surface area contributed by atoms with Gasteiger partial charge in [-0.25, -0.2) is 0 Å². The van der Waals surface area contributed by atoms with Crippen LogP contribution in [-0.4, -0.2) is 16.1 Å². The number of carbonyl (C=O) groups excluding carboxylic acids is 1. The zero-order valence-corrected chi connectivity index (χ0v) is 13.5. The van der Waals surface area contributed by atoms with Crippen LogP contribution in [0.15, 0.2) is 36.4 Å². The number of hydrogen-bond donors (Lipinski definition) is 2. The van der Waals surface area contributed by atoms with Gasteiger partial charge in [-0.05, 0) is 44.5 Å². The maximum Gasteiger partial charge on any atom is 0.257 e. The zero-order valence-electron chi connectivity index (χ0n) is 12.7. The summed E-state index contributed by atoms with van der Waals surface area (Å²) in [7, 11) is 0. The van der Waals surface area contributed by atoms with E-state index in [1.807, 2.05) is 44.2 Å². The number of H-pyrrole nitrogens is 1. The molecule has 0 radical (unpaired) electrons. The van der Waals surface area contributed by atoms with Crippen molar-refractivity contribution in [2.45, 2.75) is 20.8 Å². The van der Waals surface area contributed by atoms with Crippen LogP contribution in [-0.2, 0) is 0 Å². The second-order valence-corrected chi connectivity index (χ2v) is 6.64.